The van der Waals surface area contributed by atoms with E-state index in [2.05, 4.69) is 15.0 Å². The van der Waals surface area contributed by atoms with Gasteiger partial charge in [0.2, 0.25) is 11.8 Å². The largest absolute Gasteiger partial charge is 0.333 e. The fourth-order valence-corrected chi connectivity index (χ4v) is 2.39. The first-order valence-electron chi connectivity index (χ1n) is 7.30. The van der Waals surface area contributed by atoms with Gasteiger partial charge in [-0.3, -0.25) is 14.7 Å². The molecular weight excluding hydrogens is 308 g/mol. The molecule has 2 aromatic heterocycles. The maximum absolute atomic E-state index is 11.5. The van der Waals surface area contributed by atoms with Crippen LogP contribution in [-0.2, 0) is 0 Å². The van der Waals surface area contributed by atoms with Crippen LogP contribution >= 0.6 is 0 Å². The molecule has 0 radical (unpaired) electrons. The van der Waals surface area contributed by atoms with Gasteiger partial charge in [-0.25, -0.2) is 9.97 Å². The minimum absolute atomic E-state index is 0.127. The molecule has 0 atom stereocenters. The molecule has 0 unspecified atom stereocenters. The highest BCUT2D eigenvalue weighted by Gasteiger charge is 2.25. The minimum Gasteiger partial charge on any atom is -0.314 e. The van der Waals surface area contributed by atoms with Crippen molar-refractivity contribution in [2.45, 2.75) is 13.8 Å². The smallest absolute Gasteiger partial charge is 0.314 e. The lowest BCUT2D eigenvalue weighted by Crippen LogP contribution is -2.16. The first-order valence-corrected chi connectivity index (χ1v) is 7.30. The zero-order valence-corrected chi connectivity index (χ0v) is 13.5. The molecule has 0 saturated carbocycles. The lowest BCUT2D eigenvalue weighted by molar-refractivity contribution is -0.385. The molecule has 0 saturated heterocycles. The van der Waals surface area contributed by atoms with Crippen molar-refractivity contribution in [3.8, 4) is 5.82 Å². The van der Waals surface area contributed by atoms with Crippen LogP contribution in [0.3, 0.4) is 0 Å². The summed E-state index contributed by atoms with van der Waals surface area (Å²) in [4.78, 5) is 25.6. The summed E-state index contributed by atoms with van der Waals surface area (Å²) in [7, 11) is 1.82. The molecule has 0 amide bonds. The zero-order chi connectivity index (χ0) is 17.3. The number of aromatic nitrogens is 4. The van der Waals surface area contributed by atoms with Crippen LogP contribution < -0.4 is 4.90 Å². The molecule has 24 heavy (non-hydrogen) atoms. The second-order valence-electron chi connectivity index (χ2n) is 5.36. The average Bonchev–Trinajstić information content (AvgIpc) is 3.00. The third-order valence-electron chi connectivity index (χ3n) is 3.61. The molecule has 0 aliphatic carbocycles. The fourth-order valence-electron chi connectivity index (χ4n) is 2.39. The number of benzene rings is 1. The van der Waals surface area contributed by atoms with Crippen molar-refractivity contribution < 1.29 is 4.92 Å². The Bertz CT molecular complexity index is 891. The van der Waals surface area contributed by atoms with Crippen LogP contribution in [0.2, 0.25) is 0 Å². The van der Waals surface area contributed by atoms with Crippen molar-refractivity contribution in [2.75, 3.05) is 11.9 Å². The van der Waals surface area contributed by atoms with Crippen molar-refractivity contribution >= 4 is 17.3 Å². The second-order valence-corrected chi connectivity index (χ2v) is 5.36. The SMILES string of the molecule is Cc1cn(-c2nc(N(C)c3ccccc3)nc(C)c2[N+](=O)[O-])cn1. The van der Waals surface area contributed by atoms with Gasteiger partial charge in [-0.1, -0.05) is 18.2 Å². The maximum atomic E-state index is 11.5. The van der Waals surface area contributed by atoms with Crippen LogP contribution in [0.5, 0.6) is 0 Å². The molecule has 8 heteroatoms. The molecule has 0 spiro atoms. The summed E-state index contributed by atoms with van der Waals surface area (Å²) >= 11 is 0. The van der Waals surface area contributed by atoms with E-state index in [9.17, 15) is 10.1 Å². The van der Waals surface area contributed by atoms with Crippen molar-refractivity contribution in [1.29, 1.82) is 0 Å². The summed E-state index contributed by atoms with van der Waals surface area (Å²) in [5.41, 5.74) is 1.81. The van der Waals surface area contributed by atoms with Crippen molar-refractivity contribution in [3.05, 3.63) is 64.4 Å². The Kier molecular flexibility index (Phi) is 3.95. The van der Waals surface area contributed by atoms with Crippen LogP contribution in [0.4, 0.5) is 17.3 Å². The van der Waals surface area contributed by atoms with E-state index in [0.29, 0.717) is 11.6 Å². The van der Waals surface area contributed by atoms with Gasteiger partial charge in [-0.05, 0) is 26.0 Å². The zero-order valence-electron chi connectivity index (χ0n) is 13.5. The van der Waals surface area contributed by atoms with E-state index in [0.717, 1.165) is 11.4 Å². The van der Waals surface area contributed by atoms with Gasteiger partial charge < -0.3 is 4.90 Å². The quantitative estimate of drug-likeness (QED) is 0.541. The van der Waals surface area contributed by atoms with Gasteiger partial charge in [0.05, 0.1) is 10.6 Å². The Labute approximate surface area is 138 Å². The van der Waals surface area contributed by atoms with Gasteiger partial charge in [-0.15, -0.1) is 0 Å². The molecule has 8 nitrogen and oxygen atoms in total. The Hall–Kier alpha value is -3.29. The van der Waals surface area contributed by atoms with E-state index in [-0.39, 0.29) is 11.5 Å². The van der Waals surface area contributed by atoms with Gasteiger partial charge in [0.1, 0.15) is 12.0 Å². The van der Waals surface area contributed by atoms with E-state index in [4.69, 9.17) is 0 Å². The van der Waals surface area contributed by atoms with Crippen molar-refractivity contribution in [1.82, 2.24) is 19.5 Å². The normalized spacial score (nSPS) is 10.6. The predicted molar refractivity (Wildman–Crippen MR) is 89.8 cm³/mol. The summed E-state index contributed by atoms with van der Waals surface area (Å²) in [6.07, 6.45) is 3.21. The summed E-state index contributed by atoms with van der Waals surface area (Å²) in [5, 5.41) is 11.5. The Balaban J connectivity index is 2.16. The highest BCUT2D eigenvalue weighted by molar-refractivity contribution is 5.60. The molecule has 122 valence electrons. The molecular formula is C16H16N6O2. The van der Waals surface area contributed by atoms with Crippen LogP contribution in [0, 0.1) is 24.0 Å². The highest BCUT2D eigenvalue weighted by atomic mass is 16.6. The molecule has 0 aliphatic heterocycles. The van der Waals surface area contributed by atoms with Gasteiger partial charge >= 0.3 is 5.69 Å². The summed E-state index contributed by atoms with van der Waals surface area (Å²) in [5.74, 6) is 0.580. The molecule has 0 aliphatic rings. The number of rotatable bonds is 4. The molecule has 0 N–H and O–H groups in total. The molecule has 0 fully saturated rings. The second kappa shape index (κ2) is 6.07. The lowest BCUT2D eigenvalue weighted by atomic mass is 10.3. The van der Waals surface area contributed by atoms with Crippen LogP contribution in [0.15, 0.2) is 42.9 Å². The van der Waals surface area contributed by atoms with Gasteiger partial charge in [0.15, 0.2) is 0 Å². The lowest BCUT2D eigenvalue weighted by Gasteiger charge is -2.18. The molecule has 3 aromatic rings. The number of aryl methyl sites for hydroxylation is 2. The predicted octanol–water partition coefficient (Wildman–Crippen LogP) is 2.96. The van der Waals surface area contributed by atoms with Gasteiger partial charge in [-0.2, -0.15) is 4.98 Å². The van der Waals surface area contributed by atoms with Crippen LogP contribution in [0.25, 0.3) is 5.82 Å². The first-order chi connectivity index (χ1) is 11.5. The Morgan fingerprint density at radius 1 is 1.17 bits per heavy atom. The summed E-state index contributed by atoms with van der Waals surface area (Å²) in [6.45, 7) is 3.42. The van der Waals surface area contributed by atoms with E-state index in [1.807, 2.05) is 44.3 Å². The standard InChI is InChI=1S/C16H16N6O2/c1-11-9-21(10-17-11)15-14(22(23)24)12(2)18-16(19-15)20(3)13-7-5-4-6-8-13/h4-10H,1-3H3. The topological polar surface area (TPSA) is 90.0 Å². The Morgan fingerprint density at radius 2 is 1.88 bits per heavy atom. The van der Waals surface area contributed by atoms with Crippen LogP contribution in [-0.4, -0.2) is 31.5 Å². The minimum atomic E-state index is -0.466. The van der Waals surface area contributed by atoms with E-state index in [1.165, 1.54) is 6.33 Å². The highest BCUT2D eigenvalue weighted by Crippen LogP contribution is 2.28. The van der Waals surface area contributed by atoms with E-state index in [1.54, 1.807) is 22.6 Å². The fraction of sp³-hybridized carbons (Fsp3) is 0.188. The number of hydrogen-bond donors (Lipinski definition) is 0. The molecule has 1 aromatic carbocycles. The first kappa shape index (κ1) is 15.6. The van der Waals surface area contributed by atoms with Crippen molar-refractivity contribution in [3.63, 3.8) is 0 Å². The molecule has 3 rings (SSSR count). The van der Waals surface area contributed by atoms with E-state index >= 15 is 0 Å². The number of nitrogens with zero attached hydrogens (tertiary/aromatic N) is 6. The van der Waals surface area contributed by atoms with Crippen LogP contribution in [0.1, 0.15) is 11.4 Å². The molecule has 2 heterocycles. The van der Waals surface area contributed by atoms with Gasteiger partial charge in [0.25, 0.3) is 0 Å². The Morgan fingerprint density at radius 3 is 2.46 bits per heavy atom. The third-order valence-corrected chi connectivity index (χ3v) is 3.61. The summed E-state index contributed by atoms with van der Waals surface area (Å²) < 4.78 is 1.55. The number of imidazole rings is 1. The number of para-hydroxylation sites is 1. The number of nitro groups is 1. The summed E-state index contributed by atoms with van der Waals surface area (Å²) in [6, 6.07) is 9.57. The third kappa shape index (κ3) is 2.81. The van der Waals surface area contributed by atoms with Crippen molar-refractivity contribution in [2.24, 2.45) is 0 Å². The van der Waals surface area contributed by atoms with E-state index < -0.39 is 4.92 Å². The number of hydrogen-bond acceptors (Lipinski definition) is 6. The monoisotopic (exact) mass is 324 g/mol. The average molecular weight is 324 g/mol. The molecule has 0 bridgehead atoms. The maximum Gasteiger partial charge on any atom is 0.333 e. The number of anilines is 2. The van der Waals surface area contributed by atoms with Gasteiger partial charge in [0, 0.05) is 18.9 Å².